The zero-order chi connectivity index (χ0) is 14.1. The second kappa shape index (κ2) is 8.67. The van der Waals surface area contributed by atoms with Crippen LogP contribution in [0.15, 0.2) is 24.3 Å². The van der Waals surface area contributed by atoms with Gasteiger partial charge < -0.3 is 14.4 Å². The Balaban J connectivity index is 2.59. The Bertz CT molecular complexity index is 393. The Morgan fingerprint density at radius 3 is 2.53 bits per heavy atom. The van der Waals surface area contributed by atoms with Crippen molar-refractivity contribution in [2.75, 3.05) is 34.4 Å². The van der Waals surface area contributed by atoms with Crippen LogP contribution in [0.25, 0.3) is 0 Å². The highest BCUT2D eigenvalue weighted by molar-refractivity contribution is 5.72. The van der Waals surface area contributed by atoms with Gasteiger partial charge in [-0.1, -0.05) is 24.3 Å². The summed E-state index contributed by atoms with van der Waals surface area (Å²) in [5, 5.41) is 0. The van der Waals surface area contributed by atoms with Crippen LogP contribution in [0.1, 0.15) is 17.5 Å². The third-order valence-electron chi connectivity index (χ3n) is 3.01. The number of ether oxygens (including phenoxy) is 2. The molecule has 0 heterocycles. The molecule has 0 fully saturated rings. The van der Waals surface area contributed by atoms with Gasteiger partial charge in [0.2, 0.25) is 0 Å². The zero-order valence-corrected chi connectivity index (χ0v) is 12.0. The molecule has 1 aromatic carbocycles. The molecule has 0 unspecified atom stereocenters. The molecule has 0 radical (unpaired) electrons. The quantitative estimate of drug-likeness (QED) is 0.531. The van der Waals surface area contributed by atoms with Gasteiger partial charge in [0.25, 0.3) is 0 Å². The lowest BCUT2D eigenvalue weighted by Crippen LogP contribution is -2.21. The number of benzene rings is 1. The normalized spacial score (nSPS) is 10.7. The third kappa shape index (κ3) is 5.85. The van der Waals surface area contributed by atoms with Gasteiger partial charge in [-0.05, 0) is 24.6 Å². The fourth-order valence-electron chi connectivity index (χ4n) is 1.96. The van der Waals surface area contributed by atoms with Crippen LogP contribution in [0.3, 0.4) is 0 Å². The number of carbonyl (C=O) groups is 1. The van der Waals surface area contributed by atoms with E-state index in [9.17, 15) is 4.79 Å². The molecule has 0 aromatic heterocycles. The van der Waals surface area contributed by atoms with Crippen LogP contribution in [-0.4, -0.2) is 45.3 Å². The van der Waals surface area contributed by atoms with Crippen molar-refractivity contribution in [2.45, 2.75) is 19.4 Å². The molecule has 0 aliphatic carbocycles. The number of esters is 1. The molecular formula is C15H23NO3. The molecule has 0 atom stereocenters. The number of hydrogen-bond donors (Lipinski definition) is 0. The van der Waals surface area contributed by atoms with Crippen molar-refractivity contribution in [3.05, 3.63) is 35.4 Å². The van der Waals surface area contributed by atoms with Crippen LogP contribution in [0.4, 0.5) is 0 Å². The van der Waals surface area contributed by atoms with E-state index in [-0.39, 0.29) is 5.97 Å². The second-order valence-corrected chi connectivity index (χ2v) is 4.61. The minimum Gasteiger partial charge on any atom is -0.469 e. The molecule has 0 aliphatic rings. The first-order valence-corrected chi connectivity index (χ1v) is 6.48. The number of hydrogen-bond acceptors (Lipinski definition) is 4. The van der Waals surface area contributed by atoms with Crippen LogP contribution in [-0.2, 0) is 27.2 Å². The number of rotatable bonds is 8. The molecule has 0 saturated heterocycles. The fraction of sp³-hybridized carbons (Fsp3) is 0.533. The van der Waals surface area contributed by atoms with E-state index in [0.29, 0.717) is 6.42 Å². The van der Waals surface area contributed by atoms with Gasteiger partial charge in [0.1, 0.15) is 0 Å². The number of nitrogens with zero attached hydrogens (tertiary/aromatic N) is 1. The molecule has 0 bridgehead atoms. The molecule has 0 spiro atoms. The topological polar surface area (TPSA) is 38.8 Å². The zero-order valence-electron chi connectivity index (χ0n) is 12.0. The van der Waals surface area contributed by atoms with Crippen LogP contribution in [0.5, 0.6) is 0 Å². The van der Waals surface area contributed by atoms with Gasteiger partial charge in [-0.2, -0.15) is 0 Å². The first-order valence-electron chi connectivity index (χ1n) is 6.48. The molecule has 4 heteroatoms. The first-order chi connectivity index (χ1) is 9.17. The monoisotopic (exact) mass is 265 g/mol. The Labute approximate surface area is 115 Å². The van der Waals surface area contributed by atoms with E-state index in [0.717, 1.165) is 31.7 Å². The molecule has 19 heavy (non-hydrogen) atoms. The Kier molecular flexibility index (Phi) is 7.15. The van der Waals surface area contributed by atoms with E-state index in [4.69, 9.17) is 9.47 Å². The van der Waals surface area contributed by atoms with E-state index in [1.807, 2.05) is 18.2 Å². The summed E-state index contributed by atoms with van der Waals surface area (Å²) in [6, 6.07) is 7.99. The van der Waals surface area contributed by atoms with Gasteiger partial charge in [0.15, 0.2) is 0 Å². The van der Waals surface area contributed by atoms with Gasteiger partial charge in [0.05, 0.1) is 13.5 Å². The van der Waals surface area contributed by atoms with Crippen molar-refractivity contribution in [1.29, 1.82) is 0 Å². The van der Waals surface area contributed by atoms with Crippen molar-refractivity contribution < 1.29 is 14.3 Å². The SMILES string of the molecule is COCCCN(C)Cc1ccccc1CC(=O)OC. The second-order valence-electron chi connectivity index (χ2n) is 4.61. The van der Waals surface area contributed by atoms with E-state index >= 15 is 0 Å². The maximum absolute atomic E-state index is 11.4. The molecule has 4 nitrogen and oxygen atoms in total. The summed E-state index contributed by atoms with van der Waals surface area (Å²) in [6.07, 6.45) is 1.34. The van der Waals surface area contributed by atoms with Crippen molar-refractivity contribution >= 4 is 5.97 Å². The van der Waals surface area contributed by atoms with Gasteiger partial charge >= 0.3 is 5.97 Å². The van der Waals surface area contributed by atoms with Gasteiger partial charge in [0, 0.05) is 26.8 Å². The molecule has 0 amide bonds. The standard InChI is InChI=1S/C15H23NO3/c1-16(9-6-10-18-2)12-14-8-5-4-7-13(14)11-15(17)19-3/h4-5,7-8H,6,9-12H2,1-3H3. The minimum atomic E-state index is -0.200. The average molecular weight is 265 g/mol. The largest absolute Gasteiger partial charge is 0.469 e. The maximum atomic E-state index is 11.4. The molecule has 0 aliphatic heterocycles. The molecule has 0 saturated carbocycles. The first kappa shape index (κ1) is 15.7. The summed E-state index contributed by atoms with van der Waals surface area (Å²) < 4.78 is 9.77. The Morgan fingerprint density at radius 1 is 1.21 bits per heavy atom. The Morgan fingerprint density at radius 2 is 1.89 bits per heavy atom. The van der Waals surface area contributed by atoms with Crippen molar-refractivity contribution in [3.63, 3.8) is 0 Å². The minimum absolute atomic E-state index is 0.200. The number of methoxy groups -OCH3 is 2. The Hall–Kier alpha value is -1.39. The summed E-state index contributed by atoms with van der Waals surface area (Å²) in [5.41, 5.74) is 2.21. The highest BCUT2D eigenvalue weighted by Gasteiger charge is 2.09. The lowest BCUT2D eigenvalue weighted by atomic mass is 10.0. The molecule has 0 N–H and O–H groups in total. The summed E-state index contributed by atoms with van der Waals surface area (Å²) in [5.74, 6) is -0.200. The van der Waals surface area contributed by atoms with Gasteiger partial charge in [-0.3, -0.25) is 4.79 Å². The van der Waals surface area contributed by atoms with Crippen LogP contribution < -0.4 is 0 Å². The maximum Gasteiger partial charge on any atom is 0.309 e. The molecule has 1 aromatic rings. The highest BCUT2D eigenvalue weighted by atomic mass is 16.5. The summed E-state index contributed by atoms with van der Waals surface area (Å²) in [4.78, 5) is 13.6. The van der Waals surface area contributed by atoms with Crippen LogP contribution in [0.2, 0.25) is 0 Å². The van der Waals surface area contributed by atoms with Crippen molar-refractivity contribution in [2.24, 2.45) is 0 Å². The summed E-state index contributed by atoms with van der Waals surface area (Å²) >= 11 is 0. The summed E-state index contributed by atoms with van der Waals surface area (Å²) in [6.45, 7) is 2.57. The third-order valence-corrected chi connectivity index (χ3v) is 3.01. The van der Waals surface area contributed by atoms with Crippen molar-refractivity contribution in [1.82, 2.24) is 4.90 Å². The van der Waals surface area contributed by atoms with E-state index in [1.54, 1.807) is 7.11 Å². The predicted molar refractivity (Wildman–Crippen MR) is 75.0 cm³/mol. The van der Waals surface area contributed by atoms with E-state index in [2.05, 4.69) is 18.0 Å². The van der Waals surface area contributed by atoms with E-state index < -0.39 is 0 Å². The predicted octanol–water partition coefficient (Wildman–Crippen LogP) is 1.87. The number of carbonyl (C=O) groups excluding carboxylic acids is 1. The van der Waals surface area contributed by atoms with E-state index in [1.165, 1.54) is 12.7 Å². The summed E-state index contributed by atoms with van der Waals surface area (Å²) in [7, 11) is 5.21. The molecule has 1 rings (SSSR count). The van der Waals surface area contributed by atoms with Crippen LogP contribution in [0, 0.1) is 0 Å². The van der Waals surface area contributed by atoms with Crippen LogP contribution >= 0.6 is 0 Å². The lowest BCUT2D eigenvalue weighted by molar-refractivity contribution is -0.139. The fourth-order valence-corrected chi connectivity index (χ4v) is 1.96. The average Bonchev–Trinajstić information content (AvgIpc) is 2.41. The van der Waals surface area contributed by atoms with Crippen molar-refractivity contribution in [3.8, 4) is 0 Å². The molecule has 106 valence electrons. The smallest absolute Gasteiger partial charge is 0.309 e. The van der Waals surface area contributed by atoms with Gasteiger partial charge in [-0.15, -0.1) is 0 Å². The lowest BCUT2D eigenvalue weighted by Gasteiger charge is -2.18. The van der Waals surface area contributed by atoms with Gasteiger partial charge in [-0.25, -0.2) is 0 Å². The molecular weight excluding hydrogens is 242 g/mol. The highest BCUT2D eigenvalue weighted by Crippen LogP contribution is 2.12.